The van der Waals surface area contributed by atoms with Gasteiger partial charge in [-0.3, -0.25) is 4.79 Å². The molecule has 0 fully saturated rings. The van der Waals surface area contributed by atoms with Crippen LogP contribution in [0.3, 0.4) is 0 Å². The van der Waals surface area contributed by atoms with Crippen molar-refractivity contribution in [1.82, 2.24) is 9.66 Å². The topological polar surface area (TPSA) is 65.7 Å². The first kappa shape index (κ1) is 27.9. The van der Waals surface area contributed by atoms with Gasteiger partial charge in [0.05, 0.1) is 34.8 Å². The van der Waals surface area contributed by atoms with Gasteiger partial charge in [-0.2, -0.15) is 22.9 Å². The van der Waals surface area contributed by atoms with E-state index >= 15 is 0 Å². The lowest BCUT2D eigenvalue weighted by Crippen LogP contribution is -2.20. The highest BCUT2D eigenvalue weighted by molar-refractivity contribution is 6.32. The first-order valence-electron chi connectivity index (χ1n) is 12.1. The molecule has 1 aromatic heterocycles. The van der Waals surface area contributed by atoms with Crippen molar-refractivity contribution in [3.05, 3.63) is 123 Å². The Labute approximate surface area is 236 Å². The molecule has 6 nitrogen and oxygen atoms in total. The molecule has 208 valence electrons. The fourth-order valence-electron chi connectivity index (χ4n) is 4.11. The van der Waals surface area contributed by atoms with Crippen LogP contribution in [-0.2, 0) is 12.8 Å². The lowest BCUT2D eigenvalue weighted by molar-refractivity contribution is -0.137. The summed E-state index contributed by atoms with van der Waals surface area (Å²) in [5, 5.41) is 4.67. The molecule has 0 spiro atoms. The van der Waals surface area contributed by atoms with Crippen LogP contribution in [-0.4, -0.2) is 23.0 Å². The Morgan fingerprint density at radius 2 is 1.78 bits per heavy atom. The van der Waals surface area contributed by atoms with Crippen LogP contribution in [0.15, 0.2) is 94.8 Å². The first-order valence-corrected chi connectivity index (χ1v) is 12.5. The minimum Gasteiger partial charge on any atom is -0.493 e. The molecule has 0 saturated heterocycles. The van der Waals surface area contributed by atoms with Crippen LogP contribution in [0, 0.1) is 5.82 Å². The maximum absolute atomic E-state index is 13.5. The molecule has 0 aliphatic heterocycles. The third kappa shape index (κ3) is 6.07. The molecule has 0 bridgehead atoms. The van der Waals surface area contributed by atoms with E-state index in [1.54, 1.807) is 42.5 Å². The zero-order valence-corrected chi connectivity index (χ0v) is 22.1. The summed E-state index contributed by atoms with van der Waals surface area (Å²) in [5.74, 6) is -0.0231. The molecule has 0 radical (unpaired) electrons. The Balaban J connectivity index is 1.55. The van der Waals surface area contributed by atoms with E-state index in [0.717, 1.165) is 16.8 Å². The number of fused-ring (bicyclic) bond motifs is 1. The minimum absolute atomic E-state index is 0.0276. The normalized spacial score (nSPS) is 11.8. The number of alkyl halides is 3. The van der Waals surface area contributed by atoms with Crippen molar-refractivity contribution < 1.29 is 27.0 Å². The fourth-order valence-corrected chi connectivity index (χ4v) is 4.39. The van der Waals surface area contributed by atoms with Crippen LogP contribution in [0.25, 0.3) is 22.3 Å². The second-order valence-corrected chi connectivity index (χ2v) is 9.25. The Morgan fingerprint density at radius 3 is 2.54 bits per heavy atom. The third-order valence-electron chi connectivity index (χ3n) is 6.05. The number of aromatic nitrogens is 2. The summed E-state index contributed by atoms with van der Waals surface area (Å²) in [6, 6.07) is 19.9. The molecule has 0 atom stereocenters. The van der Waals surface area contributed by atoms with Gasteiger partial charge in [0.15, 0.2) is 17.3 Å². The molecule has 0 amide bonds. The fraction of sp³-hybridized carbons (Fsp3) is 0.100. The quantitative estimate of drug-likeness (QED) is 0.149. The molecule has 41 heavy (non-hydrogen) atoms. The third-order valence-corrected chi connectivity index (χ3v) is 6.33. The number of benzene rings is 4. The average Bonchev–Trinajstić information content (AvgIpc) is 2.95. The van der Waals surface area contributed by atoms with Crippen LogP contribution in [0.4, 0.5) is 17.6 Å². The van der Waals surface area contributed by atoms with Crippen molar-refractivity contribution in [3.63, 3.8) is 0 Å². The Morgan fingerprint density at radius 1 is 1.00 bits per heavy atom. The van der Waals surface area contributed by atoms with Gasteiger partial charge in [-0.1, -0.05) is 48.0 Å². The van der Waals surface area contributed by atoms with E-state index in [9.17, 15) is 22.4 Å². The number of nitrogens with zero attached hydrogens (tertiary/aromatic N) is 3. The summed E-state index contributed by atoms with van der Waals surface area (Å²) in [6.45, 7) is 0.0276. The number of rotatable bonds is 7. The van der Waals surface area contributed by atoms with Gasteiger partial charge in [0, 0.05) is 5.56 Å². The van der Waals surface area contributed by atoms with E-state index in [1.807, 2.05) is 0 Å². The molecule has 4 aromatic carbocycles. The van der Waals surface area contributed by atoms with Gasteiger partial charge in [0.1, 0.15) is 12.4 Å². The summed E-state index contributed by atoms with van der Waals surface area (Å²) in [4.78, 5) is 17.9. The Kier molecular flexibility index (Phi) is 7.76. The van der Waals surface area contributed by atoms with Gasteiger partial charge in [-0.25, -0.2) is 9.37 Å². The van der Waals surface area contributed by atoms with Crippen molar-refractivity contribution in [2.45, 2.75) is 12.8 Å². The van der Waals surface area contributed by atoms with E-state index in [-0.39, 0.29) is 39.9 Å². The van der Waals surface area contributed by atoms with Crippen LogP contribution in [0.5, 0.6) is 11.5 Å². The number of ether oxygens (including phenoxy) is 2. The molecular formula is C30H20ClF4N3O3. The van der Waals surface area contributed by atoms with Gasteiger partial charge in [-0.15, -0.1) is 0 Å². The van der Waals surface area contributed by atoms with Gasteiger partial charge < -0.3 is 9.47 Å². The summed E-state index contributed by atoms with van der Waals surface area (Å²) in [7, 11) is 1.41. The Hall–Kier alpha value is -4.70. The molecule has 0 saturated carbocycles. The van der Waals surface area contributed by atoms with E-state index in [1.165, 1.54) is 43.7 Å². The van der Waals surface area contributed by atoms with Crippen molar-refractivity contribution in [1.29, 1.82) is 0 Å². The number of hydrogen-bond acceptors (Lipinski definition) is 5. The standard InChI is InChI=1S/C30H20ClF4N3O3/c1-40-26-14-19(13-24(31)27(26)41-17-18-6-4-9-22(32)12-18)16-36-38-28(20-7-5-8-21(15-20)30(33,34)35)37-25-11-3-2-10-23(25)29(38)39/h2-16H,17H2,1H3. The lowest BCUT2D eigenvalue weighted by Gasteiger charge is -2.14. The second-order valence-electron chi connectivity index (χ2n) is 8.85. The molecule has 0 N–H and O–H groups in total. The molecule has 5 aromatic rings. The predicted octanol–water partition coefficient (Wildman–Crippen LogP) is 7.34. The first-order chi connectivity index (χ1) is 19.6. The highest BCUT2D eigenvalue weighted by Crippen LogP contribution is 2.37. The summed E-state index contributed by atoms with van der Waals surface area (Å²) < 4.78 is 65.9. The highest BCUT2D eigenvalue weighted by atomic mass is 35.5. The molecule has 11 heteroatoms. The van der Waals surface area contributed by atoms with Crippen molar-refractivity contribution in [2.24, 2.45) is 5.10 Å². The molecule has 0 aliphatic rings. The maximum Gasteiger partial charge on any atom is 0.416 e. The zero-order valence-electron chi connectivity index (χ0n) is 21.3. The monoisotopic (exact) mass is 581 g/mol. The molecule has 0 unspecified atom stereocenters. The summed E-state index contributed by atoms with van der Waals surface area (Å²) in [6.07, 6.45) is -3.28. The van der Waals surface area contributed by atoms with Crippen LogP contribution < -0.4 is 15.0 Å². The smallest absolute Gasteiger partial charge is 0.416 e. The van der Waals surface area contributed by atoms with Crippen LogP contribution in [0.2, 0.25) is 5.02 Å². The van der Waals surface area contributed by atoms with Gasteiger partial charge >= 0.3 is 6.18 Å². The highest BCUT2D eigenvalue weighted by Gasteiger charge is 2.31. The van der Waals surface area contributed by atoms with Gasteiger partial charge in [0.2, 0.25) is 0 Å². The van der Waals surface area contributed by atoms with Crippen molar-refractivity contribution in [2.75, 3.05) is 7.11 Å². The number of hydrogen-bond donors (Lipinski definition) is 0. The van der Waals surface area contributed by atoms with Crippen LogP contribution in [0.1, 0.15) is 16.7 Å². The molecule has 5 rings (SSSR count). The van der Waals surface area contributed by atoms with E-state index in [4.69, 9.17) is 21.1 Å². The molecule has 1 heterocycles. The van der Waals surface area contributed by atoms with Gasteiger partial charge in [0.25, 0.3) is 5.56 Å². The number of methoxy groups -OCH3 is 1. The van der Waals surface area contributed by atoms with E-state index < -0.39 is 23.1 Å². The molecular weight excluding hydrogens is 562 g/mol. The van der Waals surface area contributed by atoms with Crippen molar-refractivity contribution in [3.8, 4) is 22.9 Å². The van der Waals surface area contributed by atoms with Crippen LogP contribution >= 0.6 is 11.6 Å². The average molecular weight is 582 g/mol. The zero-order chi connectivity index (χ0) is 29.1. The maximum atomic E-state index is 13.5. The van der Waals surface area contributed by atoms with Crippen molar-refractivity contribution >= 4 is 28.7 Å². The predicted molar refractivity (Wildman–Crippen MR) is 148 cm³/mol. The number of halogens is 5. The minimum atomic E-state index is -4.59. The number of para-hydroxylation sites is 1. The summed E-state index contributed by atoms with van der Waals surface area (Å²) in [5.41, 5.74) is -0.123. The SMILES string of the molecule is COc1cc(C=Nn2c(-c3cccc(C(F)(F)F)c3)nc3ccccc3c2=O)cc(Cl)c1OCc1cccc(F)c1. The van der Waals surface area contributed by atoms with E-state index in [0.29, 0.717) is 16.6 Å². The lowest BCUT2D eigenvalue weighted by atomic mass is 10.1. The van der Waals surface area contributed by atoms with E-state index in [2.05, 4.69) is 10.1 Å². The summed E-state index contributed by atoms with van der Waals surface area (Å²) >= 11 is 6.46. The Bertz CT molecular complexity index is 1840. The second kappa shape index (κ2) is 11.4. The molecule has 0 aliphatic carbocycles. The van der Waals surface area contributed by atoms with Gasteiger partial charge in [-0.05, 0) is 59.7 Å². The largest absolute Gasteiger partial charge is 0.493 e.